The van der Waals surface area contributed by atoms with Gasteiger partial charge in [-0.05, 0) is 55.8 Å². The summed E-state index contributed by atoms with van der Waals surface area (Å²) in [5.41, 5.74) is 0. The van der Waals surface area contributed by atoms with E-state index < -0.39 is 5.97 Å². The maximum atomic E-state index is 11.0. The number of carbonyl (C=O) groups is 1. The summed E-state index contributed by atoms with van der Waals surface area (Å²) in [4.78, 5) is 11.0. The van der Waals surface area contributed by atoms with Crippen LogP contribution >= 0.6 is 0 Å². The summed E-state index contributed by atoms with van der Waals surface area (Å²) in [6.07, 6.45) is 6.20. The van der Waals surface area contributed by atoms with Crippen molar-refractivity contribution >= 4 is 5.97 Å². The molecule has 0 saturated heterocycles. The van der Waals surface area contributed by atoms with E-state index in [9.17, 15) is 4.79 Å². The zero-order valence-electron chi connectivity index (χ0n) is 7.78. The maximum absolute atomic E-state index is 11.0. The zero-order chi connectivity index (χ0) is 9.00. The van der Waals surface area contributed by atoms with Crippen molar-refractivity contribution < 1.29 is 9.90 Å². The molecular formula is C11H16O2. The van der Waals surface area contributed by atoms with Crippen molar-refractivity contribution in [3.8, 4) is 0 Å². The Kier molecular flexibility index (Phi) is 1.50. The number of fused-ring (bicyclic) bond motifs is 2. The van der Waals surface area contributed by atoms with Crippen LogP contribution in [0.15, 0.2) is 0 Å². The van der Waals surface area contributed by atoms with Gasteiger partial charge in [0.25, 0.3) is 0 Å². The highest BCUT2D eigenvalue weighted by atomic mass is 16.4. The van der Waals surface area contributed by atoms with Gasteiger partial charge in [0, 0.05) is 0 Å². The minimum absolute atomic E-state index is 0.0142. The van der Waals surface area contributed by atoms with Crippen LogP contribution in [-0.4, -0.2) is 11.1 Å². The molecule has 0 heterocycles. The van der Waals surface area contributed by atoms with Crippen LogP contribution in [0.1, 0.15) is 32.1 Å². The molecule has 4 saturated carbocycles. The molecule has 0 amide bonds. The van der Waals surface area contributed by atoms with Gasteiger partial charge in [-0.15, -0.1) is 0 Å². The van der Waals surface area contributed by atoms with Crippen LogP contribution in [0.3, 0.4) is 0 Å². The van der Waals surface area contributed by atoms with Gasteiger partial charge in [0.05, 0.1) is 5.92 Å². The second-order valence-corrected chi connectivity index (χ2v) is 5.09. The summed E-state index contributed by atoms with van der Waals surface area (Å²) in [5.74, 6) is 2.52. The van der Waals surface area contributed by atoms with Crippen molar-refractivity contribution in [2.24, 2.45) is 29.6 Å². The van der Waals surface area contributed by atoms with E-state index in [0.29, 0.717) is 5.92 Å². The van der Waals surface area contributed by atoms with E-state index in [1.165, 1.54) is 25.7 Å². The molecule has 4 rings (SSSR count). The molecule has 0 spiro atoms. The smallest absolute Gasteiger partial charge is 0.306 e. The Bertz CT molecular complexity index is 246. The molecule has 0 aromatic carbocycles. The van der Waals surface area contributed by atoms with E-state index in [0.717, 1.165) is 24.2 Å². The Balaban J connectivity index is 1.86. The van der Waals surface area contributed by atoms with E-state index >= 15 is 0 Å². The van der Waals surface area contributed by atoms with Crippen LogP contribution in [0.5, 0.6) is 0 Å². The molecular weight excluding hydrogens is 164 g/mol. The molecule has 0 radical (unpaired) electrons. The van der Waals surface area contributed by atoms with E-state index in [2.05, 4.69) is 0 Å². The standard InChI is InChI=1S/C11H16O2/c12-11(13)10-5-6-1-2-9(10)8-4-3-7(6)8/h6-10H,1-5H2,(H,12,13)/t6-,7-,8-,9+,10-/m1/s1. The summed E-state index contributed by atoms with van der Waals surface area (Å²) in [5, 5.41) is 9.09. The topological polar surface area (TPSA) is 37.3 Å². The second-order valence-electron chi connectivity index (χ2n) is 5.09. The number of carboxylic acids is 1. The van der Waals surface area contributed by atoms with Gasteiger partial charge in [-0.3, -0.25) is 4.79 Å². The van der Waals surface area contributed by atoms with Crippen LogP contribution in [0.4, 0.5) is 0 Å². The lowest BCUT2D eigenvalue weighted by Gasteiger charge is -2.57. The first-order chi connectivity index (χ1) is 6.27. The number of hydrogen-bond donors (Lipinski definition) is 1. The Morgan fingerprint density at radius 2 is 1.69 bits per heavy atom. The summed E-state index contributed by atoms with van der Waals surface area (Å²) in [6, 6.07) is 0. The number of carboxylic acid groups (broad SMARTS) is 1. The molecule has 2 nitrogen and oxygen atoms in total. The first-order valence-electron chi connectivity index (χ1n) is 5.50. The lowest BCUT2D eigenvalue weighted by Crippen LogP contribution is -2.52. The summed E-state index contributed by atoms with van der Waals surface area (Å²) in [6.45, 7) is 0. The third kappa shape index (κ3) is 0.918. The van der Waals surface area contributed by atoms with E-state index in [1.807, 2.05) is 0 Å². The fraction of sp³-hybridized carbons (Fsp3) is 0.909. The van der Waals surface area contributed by atoms with E-state index in [4.69, 9.17) is 5.11 Å². The molecule has 2 heteroatoms. The summed E-state index contributed by atoms with van der Waals surface area (Å²) >= 11 is 0. The highest BCUT2D eigenvalue weighted by Gasteiger charge is 2.54. The van der Waals surface area contributed by atoms with Gasteiger partial charge in [0.1, 0.15) is 0 Å². The second kappa shape index (κ2) is 2.49. The Morgan fingerprint density at radius 3 is 2.23 bits per heavy atom. The molecule has 0 aromatic heterocycles. The molecule has 5 atom stereocenters. The largest absolute Gasteiger partial charge is 0.481 e. The molecule has 1 N–H and O–H groups in total. The fourth-order valence-electron chi connectivity index (χ4n) is 4.08. The average Bonchev–Trinajstić information content (AvgIpc) is 2.03. The van der Waals surface area contributed by atoms with Crippen LogP contribution in [-0.2, 0) is 4.79 Å². The number of rotatable bonds is 1. The third-order valence-corrected chi connectivity index (χ3v) is 4.80. The maximum Gasteiger partial charge on any atom is 0.306 e. The predicted octanol–water partition coefficient (Wildman–Crippen LogP) is 2.14. The van der Waals surface area contributed by atoms with Gasteiger partial charge in [0.2, 0.25) is 0 Å². The van der Waals surface area contributed by atoms with E-state index in [-0.39, 0.29) is 5.92 Å². The van der Waals surface area contributed by atoms with Gasteiger partial charge in [-0.2, -0.15) is 0 Å². The minimum Gasteiger partial charge on any atom is -0.481 e. The fourth-order valence-corrected chi connectivity index (χ4v) is 4.08. The van der Waals surface area contributed by atoms with Crippen LogP contribution in [0.2, 0.25) is 0 Å². The highest BCUT2D eigenvalue weighted by molar-refractivity contribution is 5.70. The van der Waals surface area contributed by atoms with Crippen molar-refractivity contribution in [2.45, 2.75) is 32.1 Å². The van der Waals surface area contributed by atoms with Gasteiger partial charge < -0.3 is 5.11 Å². The van der Waals surface area contributed by atoms with Gasteiger partial charge in [0.15, 0.2) is 0 Å². The molecule has 0 aromatic rings. The molecule has 4 fully saturated rings. The van der Waals surface area contributed by atoms with Crippen LogP contribution in [0.25, 0.3) is 0 Å². The summed E-state index contributed by atoms with van der Waals surface area (Å²) < 4.78 is 0. The van der Waals surface area contributed by atoms with Crippen molar-refractivity contribution in [1.82, 2.24) is 0 Å². The number of aliphatic carboxylic acids is 1. The Hall–Kier alpha value is -0.530. The third-order valence-electron chi connectivity index (χ3n) is 4.80. The van der Waals surface area contributed by atoms with Crippen molar-refractivity contribution in [3.63, 3.8) is 0 Å². The van der Waals surface area contributed by atoms with Crippen LogP contribution < -0.4 is 0 Å². The first-order valence-corrected chi connectivity index (χ1v) is 5.50. The normalized spacial score (nSPS) is 52.5. The molecule has 4 aliphatic carbocycles. The van der Waals surface area contributed by atoms with E-state index in [1.54, 1.807) is 0 Å². The molecule has 13 heavy (non-hydrogen) atoms. The Morgan fingerprint density at radius 1 is 1.00 bits per heavy atom. The molecule has 4 aliphatic rings. The average molecular weight is 180 g/mol. The molecule has 0 aliphatic heterocycles. The van der Waals surface area contributed by atoms with Gasteiger partial charge >= 0.3 is 5.97 Å². The molecule has 72 valence electrons. The van der Waals surface area contributed by atoms with Crippen molar-refractivity contribution in [2.75, 3.05) is 0 Å². The minimum atomic E-state index is -0.528. The lowest BCUT2D eigenvalue weighted by molar-refractivity contribution is -0.158. The molecule has 2 bridgehead atoms. The first kappa shape index (κ1) is 7.84. The van der Waals surface area contributed by atoms with Crippen molar-refractivity contribution in [3.05, 3.63) is 0 Å². The molecule has 0 unspecified atom stereocenters. The van der Waals surface area contributed by atoms with Crippen LogP contribution in [0, 0.1) is 29.6 Å². The van der Waals surface area contributed by atoms with Gasteiger partial charge in [-0.25, -0.2) is 0 Å². The summed E-state index contributed by atoms with van der Waals surface area (Å²) in [7, 11) is 0. The highest BCUT2D eigenvalue weighted by Crippen LogP contribution is 2.59. The SMILES string of the molecule is O=C(O)[C@@H]1C[C@H]2CC[C@H]1[C@@H]1CC[C@H]21. The Labute approximate surface area is 78.3 Å². The quantitative estimate of drug-likeness (QED) is 0.671. The predicted molar refractivity (Wildman–Crippen MR) is 48.2 cm³/mol. The lowest BCUT2D eigenvalue weighted by atomic mass is 9.47. The number of hydrogen-bond acceptors (Lipinski definition) is 1. The zero-order valence-corrected chi connectivity index (χ0v) is 7.78. The van der Waals surface area contributed by atoms with Gasteiger partial charge in [-0.1, -0.05) is 0 Å². The van der Waals surface area contributed by atoms with Crippen molar-refractivity contribution in [1.29, 1.82) is 0 Å². The monoisotopic (exact) mass is 180 g/mol.